The number of ether oxygens (including phenoxy) is 3. The van der Waals surface area contributed by atoms with Gasteiger partial charge in [-0.3, -0.25) is 9.69 Å². The maximum atomic E-state index is 13.1. The number of rotatable bonds is 9. The van der Waals surface area contributed by atoms with E-state index in [0.717, 1.165) is 50.2 Å². The summed E-state index contributed by atoms with van der Waals surface area (Å²) in [7, 11) is 0. The van der Waals surface area contributed by atoms with E-state index in [4.69, 9.17) is 42.4 Å². The van der Waals surface area contributed by atoms with Crippen molar-refractivity contribution in [2.24, 2.45) is 0 Å². The third-order valence-electron chi connectivity index (χ3n) is 5.43. The molecule has 6 nitrogen and oxygen atoms in total. The van der Waals surface area contributed by atoms with E-state index in [-0.39, 0.29) is 24.5 Å². The molecule has 2 atom stereocenters. The van der Waals surface area contributed by atoms with Gasteiger partial charge in [0, 0.05) is 29.2 Å². The third kappa shape index (κ3) is 6.18. The van der Waals surface area contributed by atoms with Crippen molar-refractivity contribution in [1.82, 2.24) is 4.98 Å². The molecule has 0 radical (unpaired) electrons. The Labute approximate surface area is 196 Å². The van der Waals surface area contributed by atoms with Crippen LogP contribution in [0.2, 0.25) is 10.0 Å². The lowest BCUT2D eigenvalue weighted by Gasteiger charge is -2.23. The van der Waals surface area contributed by atoms with Crippen molar-refractivity contribution in [2.45, 2.75) is 44.3 Å². The normalized spacial score (nSPS) is 21.0. The summed E-state index contributed by atoms with van der Waals surface area (Å²) in [4.78, 5) is 19.5. The minimum Gasteiger partial charge on any atom is -0.378 e. The summed E-state index contributed by atoms with van der Waals surface area (Å²) in [5.74, 6) is -0.0223. The second-order valence-electron chi connectivity index (χ2n) is 7.74. The number of carbonyl (C=O) groups excluding carboxylic acids is 1. The molecule has 0 aliphatic carbocycles. The fourth-order valence-corrected chi connectivity index (χ4v) is 5.13. The van der Waals surface area contributed by atoms with Crippen LogP contribution in [-0.4, -0.2) is 56.1 Å². The van der Waals surface area contributed by atoms with E-state index in [0.29, 0.717) is 34.9 Å². The first-order valence-corrected chi connectivity index (χ1v) is 12.3. The van der Waals surface area contributed by atoms with Crippen LogP contribution in [0.5, 0.6) is 0 Å². The molecule has 2 aliphatic rings. The molecule has 2 saturated heterocycles. The van der Waals surface area contributed by atoms with Gasteiger partial charge in [0.25, 0.3) is 0 Å². The number of thiazole rings is 1. The highest BCUT2D eigenvalue weighted by Gasteiger charge is 2.26. The lowest BCUT2D eigenvalue weighted by molar-refractivity contribution is -0.120. The van der Waals surface area contributed by atoms with Gasteiger partial charge in [-0.05, 0) is 43.9 Å². The fraction of sp³-hybridized carbons (Fsp3) is 0.545. The average molecular weight is 485 g/mol. The van der Waals surface area contributed by atoms with Gasteiger partial charge < -0.3 is 14.2 Å². The SMILES string of the molecule is O=C(CCOCC1CCCO1)N(CC1CCCO1)c1nc(-c2ccc(Cl)cc2Cl)cs1. The first-order chi connectivity index (χ1) is 15.1. The summed E-state index contributed by atoms with van der Waals surface area (Å²) in [5.41, 5.74) is 1.51. The monoisotopic (exact) mass is 484 g/mol. The first-order valence-electron chi connectivity index (χ1n) is 10.6. The van der Waals surface area contributed by atoms with E-state index >= 15 is 0 Å². The van der Waals surface area contributed by atoms with Gasteiger partial charge in [-0.25, -0.2) is 4.98 Å². The largest absolute Gasteiger partial charge is 0.378 e. The Kier molecular flexibility index (Phi) is 8.20. The highest BCUT2D eigenvalue weighted by molar-refractivity contribution is 7.14. The zero-order valence-corrected chi connectivity index (χ0v) is 19.6. The maximum absolute atomic E-state index is 13.1. The van der Waals surface area contributed by atoms with Gasteiger partial charge in [0.15, 0.2) is 5.13 Å². The molecular formula is C22H26Cl2N2O4S. The first kappa shape index (κ1) is 23.0. The summed E-state index contributed by atoms with van der Waals surface area (Å²) >= 11 is 13.8. The molecule has 1 aromatic heterocycles. The molecular weight excluding hydrogens is 459 g/mol. The number of carbonyl (C=O) groups is 1. The highest BCUT2D eigenvalue weighted by atomic mass is 35.5. The number of benzene rings is 1. The Morgan fingerprint density at radius 1 is 1.19 bits per heavy atom. The zero-order valence-electron chi connectivity index (χ0n) is 17.2. The highest BCUT2D eigenvalue weighted by Crippen LogP contribution is 2.34. The van der Waals surface area contributed by atoms with Crippen LogP contribution < -0.4 is 4.90 Å². The van der Waals surface area contributed by atoms with Crippen molar-refractivity contribution in [3.05, 3.63) is 33.6 Å². The number of amides is 1. The Hall–Kier alpha value is -1.22. The topological polar surface area (TPSA) is 60.9 Å². The Morgan fingerprint density at radius 2 is 1.97 bits per heavy atom. The van der Waals surface area contributed by atoms with E-state index < -0.39 is 0 Å². The maximum Gasteiger partial charge on any atom is 0.231 e. The predicted octanol–water partition coefficient (Wildman–Crippen LogP) is 5.21. The van der Waals surface area contributed by atoms with E-state index in [9.17, 15) is 4.79 Å². The van der Waals surface area contributed by atoms with E-state index in [2.05, 4.69) is 0 Å². The minimum absolute atomic E-state index is 0.0223. The molecule has 168 valence electrons. The second-order valence-corrected chi connectivity index (χ2v) is 9.42. The van der Waals surface area contributed by atoms with Gasteiger partial charge in [-0.15, -0.1) is 11.3 Å². The van der Waals surface area contributed by atoms with Crippen LogP contribution >= 0.6 is 34.5 Å². The lowest BCUT2D eigenvalue weighted by atomic mass is 10.2. The Balaban J connectivity index is 1.42. The number of nitrogens with zero attached hydrogens (tertiary/aromatic N) is 2. The number of anilines is 1. The van der Waals surface area contributed by atoms with Crippen molar-refractivity contribution < 1.29 is 19.0 Å². The smallest absolute Gasteiger partial charge is 0.231 e. The van der Waals surface area contributed by atoms with Gasteiger partial charge in [0.05, 0.1) is 49.1 Å². The molecule has 31 heavy (non-hydrogen) atoms. The van der Waals surface area contributed by atoms with E-state index in [1.54, 1.807) is 17.0 Å². The van der Waals surface area contributed by atoms with Gasteiger partial charge in [0.2, 0.25) is 5.91 Å². The quantitative estimate of drug-likeness (QED) is 0.456. The van der Waals surface area contributed by atoms with Crippen molar-refractivity contribution in [2.75, 3.05) is 37.9 Å². The van der Waals surface area contributed by atoms with Crippen molar-refractivity contribution >= 4 is 45.6 Å². The number of halogens is 2. The number of hydrogen-bond acceptors (Lipinski definition) is 6. The molecule has 9 heteroatoms. The van der Waals surface area contributed by atoms with Crippen LogP contribution in [0.25, 0.3) is 11.3 Å². The summed E-state index contributed by atoms with van der Waals surface area (Å²) in [6.07, 6.45) is 4.53. The molecule has 0 N–H and O–H groups in total. The number of aromatic nitrogens is 1. The molecule has 4 rings (SSSR count). The molecule has 1 amide bonds. The van der Waals surface area contributed by atoms with Crippen LogP contribution in [0.4, 0.5) is 5.13 Å². The van der Waals surface area contributed by atoms with Crippen molar-refractivity contribution in [3.63, 3.8) is 0 Å². The molecule has 3 heterocycles. The van der Waals surface area contributed by atoms with E-state index in [1.165, 1.54) is 11.3 Å². The molecule has 2 fully saturated rings. The molecule has 1 aromatic carbocycles. The van der Waals surface area contributed by atoms with Crippen molar-refractivity contribution in [3.8, 4) is 11.3 Å². The van der Waals surface area contributed by atoms with Gasteiger partial charge >= 0.3 is 0 Å². The zero-order chi connectivity index (χ0) is 21.6. The Morgan fingerprint density at radius 3 is 2.68 bits per heavy atom. The summed E-state index contributed by atoms with van der Waals surface area (Å²) in [6.45, 7) is 2.93. The van der Waals surface area contributed by atoms with Crippen LogP contribution in [0, 0.1) is 0 Å². The minimum atomic E-state index is -0.0223. The van der Waals surface area contributed by atoms with Crippen molar-refractivity contribution in [1.29, 1.82) is 0 Å². The average Bonchev–Trinajstić information content (AvgIpc) is 3.52. The molecule has 0 bridgehead atoms. The molecule has 0 spiro atoms. The predicted molar refractivity (Wildman–Crippen MR) is 123 cm³/mol. The molecule has 2 aliphatic heterocycles. The van der Waals surface area contributed by atoms with E-state index in [1.807, 2.05) is 11.4 Å². The number of hydrogen-bond donors (Lipinski definition) is 0. The van der Waals surface area contributed by atoms with Gasteiger partial charge in [-0.1, -0.05) is 23.2 Å². The van der Waals surface area contributed by atoms with Crippen LogP contribution in [0.3, 0.4) is 0 Å². The van der Waals surface area contributed by atoms with Gasteiger partial charge in [-0.2, -0.15) is 0 Å². The van der Waals surface area contributed by atoms with Crippen LogP contribution in [-0.2, 0) is 19.0 Å². The molecule has 0 saturated carbocycles. The van der Waals surface area contributed by atoms with Crippen LogP contribution in [0.1, 0.15) is 32.1 Å². The third-order valence-corrected chi connectivity index (χ3v) is 6.84. The van der Waals surface area contributed by atoms with Gasteiger partial charge in [0.1, 0.15) is 0 Å². The lowest BCUT2D eigenvalue weighted by Crippen LogP contribution is -2.38. The van der Waals surface area contributed by atoms with Crippen LogP contribution in [0.15, 0.2) is 23.6 Å². The summed E-state index contributed by atoms with van der Waals surface area (Å²) in [6, 6.07) is 5.31. The fourth-order valence-electron chi connectivity index (χ4n) is 3.77. The standard InChI is InChI=1S/C22H26Cl2N2O4S/c23-15-5-6-18(19(24)11-15)20-14-31-22(25-20)26(12-16-3-1-8-29-16)21(27)7-10-28-13-17-4-2-9-30-17/h5-6,11,14,16-17H,1-4,7-10,12-13H2. The molecule has 2 aromatic rings. The second kappa shape index (κ2) is 11.1. The molecule has 2 unspecified atom stereocenters. The Bertz CT molecular complexity index is 882. The summed E-state index contributed by atoms with van der Waals surface area (Å²) in [5, 5.41) is 3.65. The summed E-state index contributed by atoms with van der Waals surface area (Å²) < 4.78 is 17.0.